The van der Waals surface area contributed by atoms with Crippen molar-refractivity contribution in [2.24, 2.45) is 0 Å². The fourth-order valence-electron chi connectivity index (χ4n) is 1.03. The Morgan fingerprint density at radius 3 is 3.12 bits per heavy atom. The Balaban J connectivity index is 1.99. The first-order valence-corrected chi connectivity index (χ1v) is 5.32. The summed E-state index contributed by atoms with van der Waals surface area (Å²) in [7, 11) is 0. The number of hydrogen-bond acceptors (Lipinski definition) is 6. The van der Waals surface area contributed by atoms with Crippen LogP contribution >= 0.6 is 11.8 Å². The number of aliphatic carboxylic acids is 1. The number of carbonyl (C=O) groups is 1. The van der Waals surface area contributed by atoms with Crippen LogP contribution in [0.25, 0.3) is 0 Å². The van der Waals surface area contributed by atoms with Crippen LogP contribution in [0.3, 0.4) is 0 Å². The van der Waals surface area contributed by atoms with Crippen molar-refractivity contribution in [3.8, 4) is 0 Å². The van der Waals surface area contributed by atoms with Gasteiger partial charge >= 0.3 is 5.97 Å². The predicted octanol–water partition coefficient (Wildman–Crippen LogP) is -0.296. The molecular weight excluding hydrogens is 232 g/mol. The smallest absolute Gasteiger partial charge is 0.325 e. The highest BCUT2D eigenvalue weighted by atomic mass is 32.2. The van der Waals surface area contributed by atoms with E-state index in [1.807, 2.05) is 0 Å². The number of carboxylic acids is 1. The molecule has 8 nitrogen and oxygen atoms in total. The Labute approximate surface area is 94.3 Å². The molecule has 2 rings (SSSR count). The van der Waals surface area contributed by atoms with Gasteiger partial charge in [0.25, 0.3) is 0 Å². The van der Waals surface area contributed by atoms with Gasteiger partial charge in [-0.15, -0.1) is 5.10 Å². The lowest BCUT2D eigenvalue weighted by Crippen LogP contribution is -2.11. The van der Waals surface area contributed by atoms with E-state index in [2.05, 4.69) is 20.6 Å². The van der Waals surface area contributed by atoms with Crippen molar-refractivity contribution in [3.05, 3.63) is 18.5 Å². The minimum absolute atomic E-state index is 0.242. The van der Waals surface area contributed by atoms with E-state index in [9.17, 15) is 4.79 Å². The van der Waals surface area contributed by atoms with Gasteiger partial charge in [-0.2, -0.15) is 5.10 Å². The molecule has 84 valence electrons. The van der Waals surface area contributed by atoms with Gasteiger partial charge in [-0.1, -0.05) is 11.8 Å². The fraction of sp³-hybridized carbons (Fsp3) is 0.286. The second-order valence-electron chi connectivity index (χ2n) is 2.83. The van der Waals surface area contributed by atoms with Crippen molar-refractivity contribution in [2.45, 2.75) is 17.6 Å². The van der Waals surface area contributed by atoms with Gasteiger partial charge in [0.15, 0.2) is 0 Å². The van der Waals surface area contributed by atoms with Gasteiger partial charge in [0, 0.05) is 12.4 Å². The highest BCUT2D eigenvalue weighted by Crippen LogP contribution is 2.15. The average molecular weight is 240 g/mol. The van der Waals surface area contributed by atoms with Gasteiger partial charge in [-0.05, 0) is 16.5 Å². The largest absolute Gasteiger partial charge is 0.480 e. The molecule has 0 atom stereocenters. The summed E-state index contributed by atoms with van der Waals surface area (Å²) in [6, 6.07) is 1.81. The lowest BCUT2D eigenvalue weighted by molar-refractivity contribution is -0.138. The molecule has 0 fully saturated rings. The normalized spacial score (nSPS) is 10.5. The minimum Gasteiger partial charge on any atom is -0.480 e. The Hall–Kier alpha value is -1.90. The highest BCUT2D eigenvalue weighted by Gasteiger charge is 2.09. The summed E-state index contributed by atoms with van der Waals surface area (Å²) in [4.78, 5) is 10.5. The van der Waals surface area contributed by atoms with E-state index in [1.165, 1.54) is 16.4 Å². The van der Waals surface area contributed by atoms with E-state index in [0.717, 1.165) is 0 Å². The Kier molecular flexibility index (Phi) is 3.15. The van der Waals surface area contributed by atoms with Crippen LogP contribution in [0.1, 0.15) is 0 Å². The topological polar surface area (TPSA) is 98.7 Å². The van der Waals surface area contributed by atoms with Crippen molar-refractivity contribution >= 4 is 17.7 Å². The van der Waals surface area contributed by atoms with E-state index >= 15 is 0 Å². The van der Waals surface area contributed by atoms with Crippen molar-refractivity contribution in [1.82, 2.24) is 30.0 Å². The van der Waals surface area contributed by atoms with Crippen LogP contribution in [0.4, 0.5) is 0 Å². The molecule has 0 aromatic carbocycles. The summed E-state index contributed by atoms with van der Waals surface area (Å²) in [5, 5.41) is 23.8. The van der Waals surface area contributed by atoms with Gasteiger partial charge in [-0.25, -0.2) is 4.68 Å². The van der Waals surface area contributed by atoms with Crippen LogP contribution in [-0.4, -0.2) is 41.1 Å². The second-order valence-corrected chi connectivity index (χ2v) is 3.74. The summed E-state index contributed by atoms with van der Waals surface area (Å²) in [6.45, 7) is -0.242. The Bertz CT molecular complexity index is 467. The van der Waals surface area contributed by atoms with Crippen molar-refractivity contribution in [2.75, 3.05) is 0 Å². The van der Waals surface area contributed by atoms with Gasteiger partial charge in [0.05, 0.1) is 5.88 Å². The van der Waals surface area contributed by atoms with Crippen LogP contribution in [-0.2, 0) is 17.2 Å². The highest BCUT2D eigenvalue weighted by molar-refractivity contribution is 7.98. The Morgan fingerprint density at radius 1 is 1.56 bits per heavy atom. The van der Waals surface area contributed by atoms with Crippen LogP contribution < -0.4 is 0 Å². The lowest BCUT2D eigenvalue weighted by atomic mass is 10.7. The fourth-order valence-corrected chi connectivity index (χ4v) is 1.77. The summed E-state index contributed by atoms with van der Waals surface area (Å²) < 4.78 is 2.93. The van der Waals surface area contributed by atoms with Gasteiger partial charge < -0.3 is 5.11 Å². The molecule has 2 heterocycles. The molecule has 0 aliphatic rings. The third-order valence-corrected chi connectivity index (χ3v) is 2.61. The monoisotopic (exact) mass is 240 g/mol. The second kappa shape index (κ2) is 4.75. The maximum Gasteiger partial charge on any atom is 0.325 e. The molecule has 9 heteroatoms. The van der Waals surface area contributed by atoms with Gasteiger partial charge in [0.2, 0.25) is 5.16 Å². The van der Waals surface area contributed by atoms with Crippen molar-refractivity contribution < 1.29 is 9.90 Å². The molecule has 0 amide bonds. The zero-order chi connectivity index (χ0) is 11.4. The molecule has 1 N–H and O–H groups in total. The first-order chi connectivity index (χ1) is 7.75. The number of tetrazole rings is 1. The summed E-state index contributed by atoms with van der Waals surface area (Å²) in [6.07, 6.45) is 3.47. The molecule has 0 spiro atoms. The molecule has 0 saturated carbocycles. The predicted molar refractivity (Wildman–Crippen MR) is 53.5 cm³/mol. The number of carboxylic acid groups (broad SMARTS) is 1. The van der Waals surface area contributed by atoms with E-state index < -0.39 is 5.97 Å². The van der Waals surface area contributed by atoms with Crippen molar-refractivity contribution in [3.63, 3.8) is 0 Å². The molecular formula is C7H8N6O2S. The first kappa shape index (κ1) is 10.6. The Morgan fingerprint density at radius 2 is 2.44 bits per heavy atom. The van der Waals surface area contributed by atoms with Crippen LogP contribution in [0, 0.1) is 0 Å². The van der Waals surface area contributed by atoms with E-state index in [4.69, 9.17) is 5.11 Å². The van der Waals surface area contributed by atoms with Gasteiger partial charge in [0.1, 0.15) is 6.54 Å². The van der Waals surface area contributed by atoms with Crippen molar-refractivity contribution in [1.29, 1.82) is 0 Å². The number of aromatic nitrogens is 6. The number of thioether (sulfide) groups is 1. The first-order valence-electron chi connectivity index (χ1n) is 4.34. The molecule has 0 bridgehead atoms. The third-order valence-electron chi connectivity index (χ3n) is 1.67. The van der Waals surface area contributed by atoms with E-state index in [1.54, 1.807) is 23.1 Å². The number of rotatable bonds is 5. The van der Waals surface area contributed by atoms with Gasteiger partial charge in [-0.3, -0.25) is 9.48 Å². The maximum absolute atomic E-state index is 10.5. The molecule has 0 saturated heterocycles. The quantitative estimate of drug-likeness (QED) is 0.716. The van der Waals surface area contributed by atoms with E-state index in [-0.39, 0.29) is 6.54 Å². The zero-order valence-electron chi connectivity index (χ0n) is 8.09. The molecule has 0 aliphatic heterocycles. The van der Waals surface area contributed by atoms with E-state index in [0.29, 0.717) is 11.0 Å². The molecule has 0 aliphatic carbocycles. The van der Waals surface area contributed by atoms with Crippen LogP contribution in [0.2, 0.25) is 0 Å². The minimum atomic E-state index is -0.978. The standard InChI is InChI=1S/C7H8N6O2S/c14-6(15)4-13-7(9-10-11-13)16-5-12-3-1-2-8-12/h1-3H,4-5H2,(H,14,15). The van der Waals surface area contributed by atoms with Crippen LogP contribution in [0.15, 0.2) is 23.6 Å². The zero-order valence-corrected chi connectivity index (χ0v) is 8.91. The molecule has 2 aromatic rings. The summed E-state index contributed by atoms with van der Waals surface area (Å²) in [5.41, 5.74) is 0. The third kappa shape index (κ3) is 2.57. The summed E-state index contributed by atoms with van der Waals surface area (Å²) in [5.74, 6) is -0.444. The molecule has 0 unspecified atom stereocenters. The number of hydrogen-bond donors (Lipinski definition) is 1. The van der Waals surface area contributed by atoms with Crippen LogP contribution in [0.5, 0.6) is 0 Å². The maximum atomic E-state index is 10.5. The lowest BCUT2D eigenvalue weighted by Gasteiger charge is -2.01. The SMILES string of the molecule is O=C(O)Cn1nnnc1SCn1cccn1. The summed E-state index contributed by atoms with van der Waals surface area (Å²) >= 11 is 1.32. The average Bonchev–Trinajstić information content (AvgIpc) is 2.84. The molecule has 16 heavy (non-hydrogen) atoms. The number of nitrogens with zero attached hydrogens (tertiary/aromatic N) is 6. The molecule has 2 aromatic heterocycles. The molecule has 0 radical (unpaired) electrons.